The number of nitrogens with zero attached hydrogens (tertiary/aromatic N) is 5. The third-order valence-electron chi connectivity index (χ3n) is 5.30. The molecule has 3 N–H and O–H groups in total. The first-order valence-electron chi connectivity index (χ1n) is 9.68. The topological polar surface area (TPSA) is 110 Å². The van der Waals surface area contributed by atoms with Crippen molar-refractivity contribution in [2.75, 3.05) is 11.4 Å². The summed E-state index contributed by atoms with van der Waals surface area (Å²) in [5.41, 5.74) is 7.92. The van der Waals surface area contributed by atoms with Gasteiger partial charge in [-0.1, -0.05) is 0 Å². The van der Waals surface area contributed by atoms with Crippen LogP contribution in [-0.2, 0) is 6.42 Å². The number of hydrogen-bond donors (Lipinski definition) is 2. The van der Waals surface area contributed by atoms with Crippen LogP contribution in [0, 0.1) is 5.82 Å². The van der Waals surface area contributed by atoms with Gasteiger partial charge in [0.25, 0.3) is 0 Å². The van der Waals surface area contributed by atoms with E-state index in [1.165, 1.54) is 16.9 Å². The molecule has 0 aromatic carbocycles. The van der Waals surface area contributed by atoms with Crippen LogP contribution in [0.1, 0.15) is 53.8 Å². The Bertz CT molecular complexity index is 1050. The first-order chi connectivity index (χ1) is 13.9. The minimum absolute atomic E-state index is 0.0368. The quantitative estimate of drug-likeness (QED) is 0.657. The van der Waals surface area contributed by atoms with Crippen LogP contribution >= 0.6 is 0 Å². The number of carboxylic acid groups (broad SMARTS) is 1. The molecular weight excluding hydrogens is 375 g/mol. The smallest absolute Gasteiger partial charge is 0.341 e. The van der Waals surface area contributed by atoms with Crippen molar-refractivity contribution >= 4 is 17.4 Å². The average Bonchev–Trinajstić information content (AvgIpc) is 3.33. The third kappa shape index (κ3) is 3.77. The largest absolute Gasteiger partial charge is 0.477 e. The van der Waals surface area contributed by atoms with E-state index in [1.54, 1.807) is 18.3 Å². The summed E-state index contributed by atoms with van der Waals surface area (Å²) in [5.74, 6) is -0.802. The predicted octanol–water partition coefficient (Wildman–Crippen LogP) is 2.58. The number of halogens is 1. The van der Waals surface area contributed by atoms with Gasteiger partial charge in [-0.3, -0.25) is 4.98 Å². The minimum atomic E-state index is -1.07. The summed E-state index contributed by atoms with van der Waals surface area (Å²) in [7, 11) is 0. The van der Waals surface area contributed by atoms with E-state index in [1.807, 2.05) is 6.92 Å². The van der Waals surface area contributed by atoms with Crippen LogP contribution < -0.4 is 10.6 Å². The zero-order chi connectivity index (χ0) is 20.5. The lowest BCUT2D eigenvalue weighted by Crippen LogP contribution is -2.25. The average molecular weight is 398 g/mol. The van der Waals surface area contributed by atoms with Gasteiger partial charge in [-0.2, -0.15) is 5.10 Å². The highest BCUT2D eigenvalue weighted by atomic mass is 19.1. The van der Waals surface area contributed by atoms with E-state index in [0.717, 1.165) is 37.1 Å². The molecule has 1 aliphatic rings. The molecule has 0 radical (unpaired) electrons. The van der Waals surface area contributed by atoms with E-state index in [2.05, 4.69) is 20.0 Å². The molecule has 1 aliphatic heterocycles. The van der Waals surface area contributed by atoms with Gasteiger partial charge < -0.3 is 15.7 Å². The van der Waals surface area contributed by atoms with Crippen molar-refractivity contribution in [1.29, 1.82) is 0 Å². The van der Waals surface area contributed by atoms with Crippen LogP contribution in [0.3, 0.4) is 0 Å². The van der Waals surface area contributed by atoms with E-state index in [-0.39, 0.29) is 29.1 Å². The van der Waals surface area contributed by atoms with Crippen molar-refractivity contribution in [3.63, 3.8) is 0 Å². The number of rotatable bonds is 6. The van der Waals surface area contributed by atoms with Gasteiger partial charge in [0, 0.05) is 24.5 Å². The molecular formula is C20H23FN6O2. The van der Waals surface area contributed by atoms with Crippen LogP contribution in [0.2, 0.25) is 0 Å². The molecule has 0 aliphatic carbocycles. The van der Waals surface area contributed by atoms with Crippen molar-refractivity contribution in [3.05, 3.63) is 53.4 Å². The summed E-state index contributed by atoms with van der Waals surface area (Å²) >= 11 is 0. The molecule has 0 spiro atoms. The zero-order valence-electron chi connectivity index (χ0n) is 16.1. The second-order valence-corrected chi connectivity index (χ2v) is 7.47. The Labute approximate surface area is 167 Å². The number of aromatic nitrogens is 4. The van der Waals surface area contributed by atoms with E-state index in [0.29, 0.717) is 12.2 Å². The molecule has 4 rings (SSSR count). The fraction of sp³-hybridized carbons (Fsp3) is 0.400. The molecule has 4 heterocycles. The van der Waals surface area contributed by atoms with Crippen molar-refractivity contribution in [2.24, 2.45) is 5.73 Å². The van der Waals surface area contributed by atoms with Crippen LogP contribution in [0.4, 0.5) is 10.2 Å². The highest BCUT2D eigenvalue weighted by Gasteiger charge is 2.30. The maximum absolute atomic E-state index is 14.0. The fourth-order valence-corrected chi connectivity index (χ4v) is 3.88. The van der Waals surface area contributed by atoms with E-state index < -0.39 is 5.97 Å². The van der Waals surface area contributed by atoms with E-state index in [4.69, 9.17) is 5.73 Å². The molecule has 9 heteroatoms. The molecule has 8 nitrogen and oxygen atoms in total. The summed E-state index contributed by atoms with van der Waals surface area (Å²) in [6.07, 6.45) is 7.43. The number of pyridine rings is 1. The summed E-state index contributed by atoms with van der Waals surface area (Å²) in [5, 5.41) is 13.4. The van der Waals surface area contributed by atoms with Gasteiger partial charge in [-0.05, 0) is 50.3 Å². The Hall–Kier alpha value is -3.07. The highest BCUT2D eigenvalue weighted by Crippen LogP contribution is 2.37. The van der Waals surface area contributed by atoms with Crippen molar-refractivity contribution in [2.45, 2.75) is 44.7 Å². The summed E-state index contributed by atoms with van der Waals surface area (Å²) in [4.78, 5) is 22.4. The van der Waals surface area contributed by atoms with Crippen molar-refractivity contribution < 1.29 is 14.3 Å². The van der Waals surface area contributed by atoms with Crippen LogP contribution in [-0.4, -0.2) is 43.2 Å². The van der Waals surface area contributed by atoms with Crippen molar-refractivity contribution in [3.8, 4) is 0 Å². The van der Waals surface area contributed by atoms with Gasteiger partial charge in [0.15, 0.2) is 5.65 Å². The normalized spacial score (nSPS) is 17.8. The number of carboxylic acids is 1. The van der Waals surface area contributed by atoms with Gasteiger partial charge >= 0.3 is 5.97 Å². The second kappa shape index (κ2) is 7.75. The molecule has 0 saturated carbocycles. The van der Waals surface area contributed by atoms with Gasteiger partial charge in [-0.15, -0.1) is 0 Å². The molecule has 0 amide bonds. The molecule has 1 saturated heterocycles. The first-order valence-corrected chi connectivity index (χ1v) is 9.68. The Balaban J connectivity index is 1.71. The minimum Gasteiger partial charge on any atom is -0.477 e. The predicted molar refractivity (Wildman–Crippen MR) is 105 cm³/mol. The lowest BCUT2D eigenvalue weighted by atomic mass is 9.98. The molecule has 3 aromatic heterocycles. The second-order valence-electron chi connectivity index (χ2n) is 7.47. The highest BCUT2D eigenvalue weighted by molar-refractivity contribution is 5.94. The number of aromatic carboxylic acids is 1. The molecule has 1 fully saturated rings. The number of nitrogens with two attached hydrogens (primary N) is 1. The maximum atomic E-state index is 14.0. The van der Waals surface area contributed by atoms with Crippen LogP contribution in [0.5, 0.6) is 0 Å². The van der Waals surface area contributed by atoms with E-state index in [9.17, 15) is 14.3 Å². The lowest BCUT2D eigenvalue weighted by Gasteiger charge is -2.27. The third-order valence-corrected chi connectivity index (χ3v) is 5.30. The number of aryl methyl sites for hydroxylation is 1. The number of carbonyl (C=O) groups is 1. The number of anilines is 1. The summed E-state index contributed by atoms with van der Waals surface area (Å²) < 4.78 is 15.5. The van der Waals surface area contributed by atoms with Gasteiger partial charge in [0.05, 0.1) is 18.4 Å². The van der Waals surface area contributed by atoms with Crippen LogP contribution in [0.15, 0.2) is 30.7 Å². The Morgan fingerprint density at radius 3 is 3.03 bits per heavy atom. The standard InChI is InChI=1S/C20H23FN6O2/c1-12(22)4-5-16-14(9-13(21)10-23-16)17-3-2-7-26(17)18-6-8-27-19(25-18)15(11-24-27)20(28)29/h6,8-12,17H,2-5,7,22H2,1H3,(H,28,29)/t12?,17-/m1/s1. The number of fused-ring (bicyclic) bond motifs is 1. The molecule has 1 unspecified atom stereocenters. The fourth-order valence-electron chi connectivity index (χ4n) is 3.88. The Kier molecular flexibility index (Phi) is 5.14. The SMILES string of the molecule is CC(N)CCc1ncc(F)cc1[C@H]1CCCN1c1ccn2ncc(C(=O)O)c2n1. The zero-order valence-corrected chi connectivity index (χ0v) is 16.1. The monoisotopic (exact) mass is 398 g/mol. The Morgan fingerprint density at radius 2 is 2.28 bits per heavy atom. The molecule has 3 aromatic rings. The van der Waals surface area contributed by atoms with Crippen LogP contribution in [0.25, 0.3) is 5.65 Å². The Morgan fingerprint density at radius 1 is 1.45 bits per heavy atom. The lowest BCUT2D eigenvalue weighted by molar-refractivity contribution is 0.0698. The van der Waals surface area contributed by atoms with Gasteiger partial charge in [0.1, 0.15) is 17.2 Å². The molecule has 2 atom stereocenters. The van der Waals surface area contributed by atoms with Crippen molar-refractivity contribution in [1.82, 2.24) is 19.6 Å². The number of hydrogen-bond acceptors (Lipinski definition) is 6. The molecule has 152 valence electrons. The first kappa shape index (κ1) is 19.3. The van der Waals surface area contributed by atoms with E-state index >= 15 is 0 Å². The van der Waals surface area contributed by atoms with Gasteiger partial charge in [-0.25, -0.2) is 18.7 Å². The van der Waals surface area contributed by atoms with Gasteiger partial charge in [0.2, 0.25) is 0 Å². The molecule has 29 heavy (non-hydrogen) atoms. The maximum Gasteiger partial charge on any atom is 0.341 e. The summed E-state index contributed by atoms with van der Waals surface area (Å²) in [6, 6.07) is 3.31. The molecule has 0 bridgehead atoms. The summed E-state index contributed by atoms with van der Waals surface area (Å²) in [6.45, 7) is 2.68.